The maximum atomic E-state index is 13.4. The number of anilines is 3. The van der Waals surface area contributed by atoms with Gasteiger partial charge in [0.25, 0.3) is 0 Å². The summed E-state index contributed by atoms with van der Waals surface area (Å²) in [6, 6.07) is 12.1. The van der Waals surface area contributed by atoms with E-state index in [0.29, 0.717) is 5.69 Å². The highest BCUT2D eigenvalue weighted by molar-refractivity contribution is 5.96. The molecule has 150 valence electrons. The number of benzene rings is 2. The topological polar surface area (TPSA) is 61.4 Å². The second-order valence-electron chi connectivity index (χ2n) is 6.49. The Labute approximate surface area is 161 Å². The number of nitrogens with zero attached hydrogens (tertiary/aromatic N) is 1. The van der Waals surface area contributed by atoms with Gasteiger partial charge in [0.15, 0.2) is 0 Å². The van der Waals surface area contributed by atoms with Gasteiger partial charge in [-0.3, -0.25) is 9.59 Å². The number of carbonyl (C=O) groups excluding carboxylic acids is 2. The summed E-state index contributed by atoms with van der Waals surface area (Å²) in [6.07, 6.45) is -4.64. The molecule has 0 radical (unpaired) electrons. The van der Waals surface area contributed by atoms with Crippen LogP contribution in [0.2, 0.25) is 0 Å². The first-order chi connectivity index (χ1) is 13.1. The molecule has 2 aromatic carbocycles. The predicted molar refractivity (Wildman–Crippen MR) is 103 cm³/mol. The molecule has 0 saturated carbocycles. The first kappa shape index (κ1) is 21.3. The fraction of sp³-hybridized carbons (Fsp3) is 0.300. The average Bonchev–Trinajstić information content (AvgIpc) is 2.60. The van der Waals surface area contributed by atoms with Gasteiger partial charge in [-0.1, -0.05) is 18.2 Å². The molecule has 0 spiro atoms. The van der Waals surface area contributed by atoms with Crippen LogP contribution in [0.3, 0.4) is 0 Å². The summed E-state index contributed by atoms with van der Waals surface area (Å²) in [7, 11) is 0. The average molecular weight is 393 g/mol. The number of rotatable bonds is 6. The van der Waals surface area contributed by atoms with E-state index in [1.54, 1.807) is 24.3 Å². The number of para-hydroxylation sites is 1. The van der Waals surface area contributed by atoms with Crippen LogP contribution in [0.1, 0.15) is 26.3 Å². The first-order valence-corrected chi connectivity index (χ1v) is 8.69. The van der Waals surface area contributed by atoms with E-state index >= 15 is 0 Å². The van der Waals surface area contributed by atoms with Crippen LogP contribution in [-0.4, -0.2) is 24.4 Å². The minimum atomic E-state index is -4.64. The highest BCUT2D eigenvalue weighted by atomic mass is 19.4. The van der Waals surface area contributed by atoms with Crippen molar-refractivity contribution in [3.63, 3.8) is 0 Å². The van der Waals surface area contributed by atoms with E-state index in [2.05, 4.69) is 10.6 Å². The monoisotopic (exact) mass is 393 g/mol. The van der Waals surface area contributed by atoms with Crippen LogP contribution in [0.5, 0.6) is 0 Å². The maximum absolute atomic E-state index is 13.4. The molecule has 0 saturated heterocycles. The molecule has 8 heteroatoms. The number of hydrogen-bond acceptors (Lipinski definition) is 3. The molecule has 0 aliphatic heterocycles. The molecule has 0 bridgehead atoms. The number of hydrogen-bond donors (Lipinski definition) is 2. The standard InChI is InChI=1S/C20H22F3N3O2/c1-13(2)26(16-7-5-4-6-8-16)19(28)12-24-18-10-9-15(25-14(3)27)11-17(18)20(21,22)23/h4-11,13,24H,12H2,1-3H3,(H,25,27). The van der Waals surface area contributed by atoms with Crippen molar-refractivity contribution < 1.29 is 22.8 Å². The Bertz CT molecular complexity index is 836. The highest BCUT2D eigenvalue weighted by Crippen LogP contribution is 2.36. The summed E-state index contributed by atoms with van der Waals surface area (Å²) in [5.41, 5.74) is -0.486. The fourth-order valence-corrected chi connectivity index (χ4v) is 2.79. The molecule has 0 aliphatic rings. The van der Waals surface area contributed by atoms with Crippen molar-refractivity contribution in [3.05, 3.63) is 54.1 Å². The third-order valence-electron chi connectivity index (χ3n) is 3.89. The predicted octanol–water partition coefficient (Wildman–Crippen LogP) is 4.52. The normalized spacial score (nSPS) is 11.2. The van der Waals surface area contributed by atoms with Crippen LogP contribution in [0.15, 0.2) is 48.5 Å². The zero-order valence-corrected chi connectivity index (χ0v) is 15.8. The van der Waals surface area contributed by atoms with Crippen LogP contribution in [0, 0.1) is 0 Å². The molecule has 0 aromatic heterocycles. The molecule has 0 aliphatic carbocycles. The van der Waals surface area contributed by atoms with Crippen molar-refractivity contribution in [2.45, 2.75) is 33.0 Å². The Morgan fingerprint density at radius 3 is 2.25 bits per heavy atom. The van der Waals surface area contributed by atoms with Crippen LogP contribution in [0.4, 0.5) is 30.2 Å². The summed E-state index contributed by atoms with van der Waals surface area (Å²) in [6.45, 7) is 4.56. The van der Waals surface area contributed by atoms with Gasteiger partial charge >= 0.3 is 6.18 Å². The van der Waals surface area contributed by atoms with E-state index in [9.17, 15) is 22.8 Å². The SMILES string of the molecule is CC(=O)Nc1ccc(NCC(=O)N(c2ccccc2)C(C)C)c(C(F)(F)F)c1. The van der Waals surface area contributed by atoms with Gasteiger partial charge < -0.3 is 15.5 Å². The molecule has 0 heterocycles. The molecule has 5 nitrogen and oxygen atoms in total. The van der Waals surface area contributed by atoms with Gasteiger partial charge in [-0.15, -0.1) is 0 Å². The van der Waals surface area contributed by atoms with Gasteiger partial charge in [0.05, 0.1) is 12.1 Å². The van der Waals surface area contributed by atoms with Crippen molar-refractivity contribution in [1.29, 1.82) is 0 Å². The van der Waals surface area contributed by atoms with Crippen molar-refractivity contribution in [1.82, 2.24) is 0 Å². The van der Waals surface area contributed by atoms with E-state index in [4.69, 9.17) is 0 Å². The Kier molecular flexibility index (Phi) is 6.66. The van der Waals surface area contributed by atoms with Gasteiger partial charge in [-0.2, -0.15) is 13.2 Å². The van der Waals surface area contributed by atoms with Crippen molar-refractivity contribution in [2.24, 2.45) is 0 Å². The summed E-state index contributed by atoms with van der Waals surface area (Å²) in [4.78, 5) is 25.3. The first-order valence-electron chi connectivity index (χ1n) is 8.69. The minimum absolute atomic E-state index is 0.0322. The van der Waals surface area contributed by atoms with Gasteiger partial charge in [0.2, 0.25) is 11.8 Å². The number of amides is 2. The van der Waals surface area contributed by atoms with Gasteiger partial charge in [-0.05, 0) is 44.2 Å². The van der Waals surface area contributed by atoms with E-state index in [1.807, 2.05) is 19.9 Å². The van der Waals surface area contributed by atoms with Crippen LogP contribution in [-0.2, 0) is 15.8 Å². The molecule has 2 rings (SSSR count). The van der Waals surface area contributed by atoms with E-state index < -0.39 is 17.6 Å². The van der Waals surface area contributed by atoms with E-state index in [1.165, 1.54) is 24.0 Å². The number of alkyl halides is 3. The Morgan fingerprint density at radius 1 is 1.07 bits per heavy atom. The molecule has 2 N–H and O–H groups in total. The largest absolute Gasteiger partial charge is 0.418 e. The quantitative estimate of drug-likeness (QED) is 0.759. The third kappa shape index (κ3) is 5.48. The summed E-state index contributed by atoms with van der Waals surface area (Å²) < 4.78 is 40.2. The van der Waals surface area contributed by atoms with Crippen LogP contribution >= 0.6 is 0 Å². The fourth-order valence-electron chi connectivity index (χ4n) is 2.79. The van der Waals surface area contributed by atoms with Gasteiger partial charge in [-0.25, -0.2) is 0 Å². The van der Waals surface area contributed by atoms with Crippen LogP contribution < -0.4 is 15.5 Å². The maximum Gasteiger partial charge on any atom is 0.418 e. The molecule has 0 fully saturated rings. The molecule has 0 unspecified atom stereocenters. The van der Waals surface area contributed by atoms with Crippen molar-refractivity contribution in [3.8, 4) is 0 Å². The number of carbonyl (C=O) groups is 2. The smallest absolute Gasteiger partial charge is 0.376 e. The zero-order chi connectivity index (χ0) is 20.9. The number of halogens is 3. The summed E-state index contributed by atoms with van der Waals surface area (Å²) in [5.74, 6) is -0.834. The van der Waals surface area contributed by atoms with E-state index in [-0.39, 0.29) is 29.9 Å². The second kappa shape index (κ2) is 8.77. The zero-order valence-electron chi connectivity index (χ0n) is 15.8. The molecular formula is C20H22F3N3O2. The number of nitrogens with one attached hydrogen (secondary N) is 2. The Morgan fingerprint density at radius 2 is 1.71 bits per heavy atom. The summed E-state index contributed by atoms with van der Waals surface area (Å²) in [5, 5.41) is 4.90. The summed E-state index contributed by atoms with van der Waals surface area (Å²) >= 11 is 0. The molecule has 2 aromatic rings. The lowest BCUT2D eigenvalue weighted by atomic mass is 10.1. The van der Waals surface area contributed by atoms with E-state index in [0.717, 1.165) is 6.07 Å². The lowest BCUT2D eigenvalue weighted by molar-refractivity contribution is -0.137. The van der Waals surface area contributed by atoms with Gasteiger partial charge in [0.1, 0.15) is 0 Å². The lowest BCUT2D eigenvalue weighted by Gasteiger charge is -2.27. The minimum Gasteiger partial charge on any atom is -0.376 e. The Hall–Kier alpha value is -3.03. The lowest BCUT2D eigenvalue weighted by Crippen LogP contribution is -2.40. The molecule has 0 atom stereocenters. The van der Waals surface area contributed by atoms with Crippen LogP contribution in [0.25, 0.3) is 0 Å². The molecule has 28 heavy (non-hydrogen) atoms. The Balaban J connectivity index is 2.22. The molecule has 2 amide bonds. The second-order valence-corrected chi connectivity index (χ2v) is 6.49. The van der Waals surface area contributed by atoms with Crippen molar-refractivity contribution >= 4 is 28.9 Å². The third-order valence-corrected chi connectivity index (χ3v) is 3.89. The highest BCUT2D eigenvalue weighted by Gasteiger charge is 2.34. The molecular weight excluding hydrogens is 371 g/mol. The van der Waals surface area contributed by atoms with Gasteiger partial charge in [0, 0.05) is 30.0 Å². The van der Waals surface area contributed by atoms with Crippen molar-refractivity contribution in [2.75, 3.05) is 22.1 Å².